The monoisotopic (exact) mass is 423 g/mol. The van der Waals surface area contributed by atoms with Gasteiger partial charge < -0.3 is 10.1 Å². The van der Waals surface area contributed by atoms with E-state index in [1.807, 2.05) is 6.92 Å². The summed E-state index contributed by atoms with van der Waals surface area (Å²) in [7, 11) is 1.27. The number of nitrogens with zero attached hydrogens (tertiary/aromatic N) is 2. The number of hydrogen-bond acceptors (Lipinski definition) is 8. The van der Waals surface area contributed by atoms with Crippen LogP contribution in [-0.4, -0.2) is 34.9 Å². The van der Waals surface area contributed by atoms with Crippen LogP contribution in [0, 0.1) is 12.7 Å². The molecule has 6 nitrogen and oxygen atoms in total. The number of anilines is 1. The minimum atomic E-state index is -0.571. The number of amides is 1. The number of esters is 1. The van der Waals surface area contributed by atoms with Gasteiger partial charge >= 0.3 is 5.97 Å². The fraction of sp³-hybridized carbons (Fsp3) is 0.176. The van der Waals surface area contributed by atoms with E-state index in [4.69, 9.17) is 4.74 Å². The Balaban J connectivity index is 1.79. The minimum Gasteiger partial charge on any atom is -0.465 e. The number of hydrogen-bond donors (Lipinski definition) is 1. The summed E-state index contributed by atoms with van der Waals surface area (Å²) in [6, 6.07) is 5.77. The van der Waals surface area contributed by atoms with Crippen molar-refractivity contribution in [2.75, 3.05) is 18.2 Å². The van der Waals surface area contributed by atoms with Gasteiger partial charge in [0, 0.05) is 10.9 Å². The van der Waals surface area contributed by atoms with Crippen LogP contribution in [0.1, 0.15) is 15.4 Å². The number of carbonyl (C=O) groups excluding carboxylic acids is 2. The van der Waals surface area contributed by atoms with Crippen LogP contribution in [0.3, 0.4) is 0 Å². The van der Waals surface area contributed by atoms with Gasteiger partial charge in [0.05, 0.1) is 12.9 Å². The summed E-state index contributed by atoms with van der Waals surface area (Å²) in [4.78, 5) is 24.5. The third kappa shape index (κ3) is 4.71. The number of halogens is 1. The zero-order valence-corrected chi connectivity index (χ0v) is 16.8. The van der Waals surface area contributed by atoms with E-state index in [-0.39, 0.29) is 23.0 Å². The van der Waals surface area contributed by atoms with Gasteiger partial charge in [-0.1, -0.05) is 35.2 Å². The second kappa shape index (κ2) is 8.59. The molecule has 1 amide bonds. The van der Waals surface area contributed by atoms with E-state index in [1.165, 1.54) is 53.7 Å². The first-order chi connectivity index (χ1) is 13.0. The molecule has 0 radical (unpaired) electrons. The minimum absolute atomic E-state index is 0.138. The molecule has 0 fully saturated rings. The number of aryl methyl sites for hydroxylation is 1. The molecule has 3 aromatic rings. The Morgan fingerprint density at radius 2 is 2.00 bits per heavy atom. The summed E-state index contributed by atoms with van der Waals surface area (Å²) < 4.78 is 18.7. The summed E-state index contributed by atoms with van der Waals surface area (Å²) in [6.07, 6.45) is 0. The second-order valence-corrected chi connectivity index (χ2v) is 8.56. The number of benzene rings is 1. The van der Waals surface area contributed by atoms with Crippen LogP contribution in [-0.2, 0) is 9.53 Å². The number of aromatic nitrogens is 2. The molecular formula is C17H14FN3O3S3. The molecule has 0 bridgehead atoms. The fourth-order valence-corrected chi connectivity index (χ4v) is 4.81. The molecule has 0 spiro atoms. The van der Waals surface area contributed by atoms with Crippen molar-refractivity contribution in [2.45, 2.75) is 11.3 Å². The van der Waals surface area contributed by atoms with Crippen LogP contribution in [0.15, 0.2) is 34.0 Å². The number of ether oxygens (including phenoxy) is 1. The summed E-state index contributed by atoms with van der Waals surface area (Å²) in [6.45, 7) is 1.84. The maximum atomic E-state index is 13.2. The average Bonchev–Trinajstić information content (AvgIpc) is 3.26. The average molecular weight is 424 g/mol. The third-order valence-electron chi connectivity index (χ3n) is 3.42. The normalized spacial score (nSPS) is 10.6. The summed E-state index contributed by atoms with van der Waals surface area (Å²) in [5, 5.41) is 13.5. The van der Waals surface area contributed by atoms with Crippen molar-refractivity contribution in [3.05, 3.63) is 46.0 Å². The van der Waals surface area contributed by atoms with Crippen LogP contribution in [0.2, 0.25) is 0 Å². The molecular weight excluding hydrogens is 409 g/mol. The molecule has 0 aliphatic carbocycles. The van der Waals surface area contributed by atoms with Gasteiger partial charge in [-0.2, -0.15) is 0 Å². The predicted octanol–water partition coefficient (Wildman–Crippen LogP) is 4.23. The van der Waals surface area contributed by atoms with Crippen molar-refractivity contribution in [3.8, 4) is 11.1 Å². The first kappa shape index (κ1) is 19.5. The van der Waals surface area contributed by atoms with Gasteiger partial charge in [-0.3, -0.25) is 4.79 Å². The number of methoxy groups -OCH3 is 1. The van der Waals surface area contributed by atoms with E-state index in [0.29, 0.717) is 20.5 Å². The molecule has 2 heterocycles. The molecule has 3 rings (SSSR count). The molecule has 2 aromatic heterocycles. The van der Waals surface area contributed by atoms with Crippen LogP contribution in [0.25, 0.3) is 11.1 Å². The Hall–Kier alpha value is -2.30. The van der Waals surface area contributed by atoms with Gasteiger partial charge in [-0.05, 0) is 24.6 Å². The van der Waals surface area contributed by atoms with Gasteiger partial charge in [-0.25, -0.2) is 9.18 Å². The largest absolute Gasteiger partial charge is 0.465 e. The maximum absolute atomic E-state index is 13.2. The molecule has 0 unspecified atom stereocenters. The van der Waals surface area contributed by atoms with Crippen molar-refractivity contribution >= 4 is 51.3 Å². The van der Waals surface area contributed by atoms with E-state index in [2.05, 4.69) is 15.5 Å². The Kier molecular flexibility index (Phi) is 6.19. The molecule has 10 heteroatoms. The van der Waals surface area contributed by atoms with Gasteiger partial charge in [0.1, 0.15) is 21.4 Å². The highest BCUT2D eigenvalue weighted by Crippen LogP contribution is 2.36. The van der Waals surface area contributed by atoms with Gasteiger partial charge in [0.25, 0.3) is 0 Å². The van der Waals surface area contributed by atoms with Gasteiger partial charge in [-0.15, -0.1) is 21.5 Å². The lowest BCUT2D eigenvalue weighted by atomic mass is 10.0. The van der Waals surface area contributed by atoms with Gasteiger partial charge in [0.15, 0.2) is 4.34 Å². The molecule has 1 N–H and O–H groups in total. The maximum Gasteiger partial charge on any atom is 0.341 e. The van der Waals surface area contributed by atoms with Gasteiger partial charge in [0.2, 0.25) is 5.91 Å². The first-order valence-electron chi connectivity index (χ1n) is 7.66. The number of nitrogens with one attached hydrogen (secondary N) is 1. The van der Waals surface area contributed by atoms with Crippen LogP contribution >= 0.6 is 34.4 Å². The third-order valence-corrected chi connectivity index (χ3v) is 6.29. The number of thiophene rings is 1. The summed E-state index contributed by atoms with van der Waals surface area (Å²) in [5.41, 5.74) is 1.49. The predicted molar refractivity (Wildman–Crippen MR) is 105 cm³/mol. The molecule has 27 heavy (non-hydrogen) atoms. The number of carbonyl (C=O) groups is 2. The van der Waals surface area contributed by atoms with E-state index in [1.54, 1.807) is 17.5 Å². The Bertz CT molecular complexity index is 969. The molecule has 0 saturated heterocycles. The topological polar surface area (TPSA) is 81.2 Å². The van der Waals surface area contributed by atoms with E-state index in [0.717, 1.165) is 5.01 Å². The Morgan fingerprint density at radius 1 is 1.26 bits per heavy atom. The lowest BCUT2D eigenvalue weighted by Crippen LogP contribution is -2.16. The van der Waals surface area contributed by atoms with Crippen LogP contribution in [0.5, 0.6) is 0 Å². The quantitative estimate of drug-likeness (QED) is 0.472. The second-order valence-electron chi connectivity index (χ2n) is 5.28. The lowest BCUT2D eigenvalue weighted by molar-refractivity contribution is -0.113. The highest BCUT2D eigenvalue weighted by Gasteiger charge is 2.22. The smallest absolute Gasteiger partial charge is 0.341 e. The van der Waals surface area contributed by atoms with Crippen molar-refractivity contribution in [1.82, 2.24) is 10.2 Å². The van der Waals surface area contributed by atoms with E-state index >= 15 is 0 Å². The molecule has 0 atom stereocenters. The fourth-order valence-electron chi connectivity index (χ4n) is 2.22. The van der Waals surface area contributed by atoms with Crippen molar-refractivity contribution in [2.24, 2.45) is 0 Å². The number of rotatable bonds is 6. The molecule has 0 aliphatic rings. The van der Waals surface area contributed by atoms with Crippen LogP contribution in [0.4, 0.5) is 9.39 Å². The lowest BCUT2D eigenvalue weighted by Gasteiger charge is -2.07. The molecule has 0 saturated carbocycles. The Morgan fingerprint density at radius 3 is 2.63 bits per heavy atom. The standard InChI is InChI=1S/C17H14FN3O3S3/c1-9-20-21-17(27-9)26-8-13(22)19-15-14(16(23)24-2)12(7-25-15)10-3-5-11(18)6-4-10/h3-7H,8H2,1-2H3,(H,19,22). The summed E-state index contributed by atoms with van der Waals surface area (Å²) in [5.74, 6) is -1.08. The highest BCUT2D eigenvalue weighted by atomic mass is 32.2. The van der Waals surface area contributed by atoms with E-state index in [9.17, 15) is 14.0 Å². The number of thioether (sulfide) groups is 1. The molecule has 0 aliphatic heterocycles. The molecule has 140 valence electrons. The van der Waals surface area contributed by atoms with Crippen molar-refractivity contribution in [3.63, 3.8) is 0 Å². The Labute approximate surface area is 166 Å². The van der Waals surface area contributed by atoms with E-state index < -0.39 is 5.97 Å². The van der Waals surface area contributed by atoms with Crippen LogP contribution < -0.4 is 5.32 Å². The van der Waals surface area contributed by atoms with Crippen molar-refractivity contribution in [1.29, 1.82) is 0 Å². The summed E-state index contributed by atoms with van der Waals surface area (Å²) >= 11 is 3.89. The zero-order chi connectivity index (χ0) is 19.4. The SMILES string of the molecule is COC(=O)c1c(-c2ccc(F)cc2)csc1NC(=O)CSc1nnc(C)s1. The first-order valence-corrected chi connectivity index (χ1v) is 10.3. The zero-order valence-electron chi connectivity index (χ0n) is 14.3. The van der Waals surface area contributed by atoms with Crippen molar-refractivity contribution < 1.29 is 18.7 Å². The highest BCUT2D eigenvalue weighted by molar-refractivity contribution is 8.01. The molecule has 1 aromatic carbocycles.